The van der Waals surface area contributed by atoms with Gasteiger partial charge in [-0.3, -0.25) is 19.2 Å². The van der Waals surface area contributed by atoms with Gasteiger partial charge in [-0.25, -0.2) is 0 Å². The van der Waals surface area contributed by atoms with Crippen LogP contribution in [0.4, 0.5) is 0 Å². The van der Waals surface area contributed by atoms with Gasteiger partial charge in [0.05, 0.1) is 25.6 Å². The molecule has 1 aliphatic heterocycles. The number of esters is 3. The number of carbonyl (C=O) groups excluding carboxylic acids is 4. The van der Waals surface area contributed by atoms with Crippen molar-refractivity contribution in [2.24, 2.45) is 28.6 Å². The van der Waals surface area contributed by atoms with E-state index in [1.165, 1.54) is 14.0 Å². The summed E-state index contributed by atoms with van der Waals surface area (Å²) in [5.41, 5.74) is -1.42. The minimum absolute atomic E-state index is 0.103. The maximum Gasteiger partial charge on any atom is 0.309 e. The molecule has 0 unspecified atom stereocenters. The van der Waals surface area contributed by atoms with Gasteiger partial charge in [-0.2, -0.15) is 0 Å². The van der Waals surface area contributed by atoms with Gasteiger partial charge < -0.3 is 18.9 Å². The van der Waals surface area contributed by atoms with Gasteiger partial charge in [-0.1, -0.05) is 13.8 Å². The third-order valence-corrected chi connectivity index (χ3v) is 7.47. The zero-order valence-electron chi connectivity index (χ0n) is 18.4. The third kappa shape index (κ3) is 3.63. The number of carbonyl (C=O) groups is 4. The molecule has 2 saturated carbocycles. The van der Waals surface area contributed by atoms with Crippen LogP contribution in [0.2, 0.25) is 0 Å². The van der Waals surface area contributed by atoms with Gasteiger partial charge in [0.1, 0.15) is 6.10 Å². The number of methoxy groups -OCH3 is 1. The summed E-state index contributed by atoms with van der Waals surface area (Å²) in [7, 11) is 1.32. The maximum atomic E-state index is 13.6. The van der Waals surface area contributed by atoms with Crippen molar-refractivity contribution in [1.29, 1.82) is 0 Å². The SMILES string of the molecule is CCOC[C@@H]1C[C@]2(C)[C@H]3C(=O)[C@@H](OC(C)=O)C[C@@H](C(=O)OC)[C@]3(C)CC[C@H]2C(=O)O1. The molecule has 0 aromatic carbocycles. The first kappa shape index (κ1) is 22.7. The van der Waals surface area contributed by atoms with E-state index in [2.05, 4.69) is 0 Å². The van der Waals surface area contributed by atoms with Crippen LogP contribution in [-0.2, 0) is 38.1 Å². The summed E-state index contributed by atoms with van der Waals surface area (Å²) in [5, 5.41) is 0. The van der Waals surface area contributed by atoms with E-state index in [0.717, 1.165) is 0 Å². The van der Waals surface area contributed by atoms with Crippen molar-refractivity contribution in [3.63, 3.8) is 0 Å². The summed E-state index contributed by atoms with van der Waals surface area (Å²) in [4.78, 5) is 50.9. The number of cyclic esters (lactones) is 1. The first-order valence-electron chi connectivity index (χ1n) is 10.7. The minimum atomic E-state index is -1.02. The average molecular weight is 424 g/mol. The number of fused-ring (bicyclic) bond motifs is 3. The Morgan fingerprint density at radius 3 is 2.50 bits per heavy atom. The standard InChI is InChI=1S/C22H32O8/c1-6-28-11-13-10-22(4)14(20(26)30-13)7-8-21(3)15(19(25)27-5)9-16(29-12(2)23)17(24)18(21)22/h13-16,18H,6-11H2,1-5H3/t13-,14-,15-,16-,18-,21-,22-/m0/s1. The van der Waals surface area contributed by atoms with E-state index >= 15 is 0 Å². The predicted octanol–water partition coefficient (Wildman–Crippen LogP) is 2.07. The van der Waals surface area contributed by atoms with Crippen LogP contribution in [0.5, 0.6) is 0 Å². The lowest BCUT2D eigenvalue weighted by Crippen LogP contribution is -2.65. The fourth-order valence-corrected chi connectivity index (χ4v) is 6.28. The minimum Gasteiger partial charge on any atom is -0.469 e. The highest BCUT2D eigenvalue weighted by atomic mass is 16.6. The first-order valence-corrected chi connectivity index (χ1v) is 10.7. The van der Waals surface area contributed by atoms with Crippen molar-refractivity contribution in [1.82, 2.24) is 0 Å². The molecule has 0 spiro atoms. The molecule has 3 aliphatic rings. The molecule has 8 heteroatoms. The summed E-state index contributed by atoms with van der Waals surface area (Å²) >= 11 is 0. The normalized spacial score (nSPS) is 40.6. The Balaban J connectivity index is 2.05. The van der Waals surface area contributed by atoms with Crippen LogP contribution in [0.15, 0.2) is 0 Å². The fourth-order valence-electron chi connectivity index (χ4n) is 6.28. The molecule has 2 aliphatic carbocycles. The first-order chi connectivity index (χ1) is 14.1. The second-order valence-electron chi connectivity index (χ2n) is 9.27. The quantitative estimate of drug-likeness (QED) is 0.488. The third-order valence-electron chi connectivity index (χ3n) is 7.47. The number of ketones is 1. The summed E-state index contributed by atoms with van der Waals surface area (Å²) in [6.07, 6.45) is 0.120. The van der Waals surface area contributed by atoms with Gasteiger partial charge in [0.15, 0.2) is 11.9 Å². The van der Waals surface area contributed by atoms with Gasteiger partial charge in [0, 0.05) is 25.9 Å². The molecular weight excluding hydrogens is 392 g/mol. The topological polar surface area (TPSA) is 105 Å². The smallest absolute Gasteiger partial charge is 0.309 e. The molecule has 0 aromatic heterocycles. The highest BCUT2D eigenvalue weighted by Gasteiger charge is 2.67. The van der Waals surface area contributed by atoms with E-state index in [0.29, 0.717) is 25.9 Å². The highest BCUT2D eigenvalue weighted by molar-refractivity contribution is 5.93. The monoisotopic (exact) mass is 424 g/mol. The molecule has 0 N–H and O–H groups in total. The average Bonchev–Trinajstić information content (AvgIpc) is 2.66. The lowest BCUT2D eigenvalue weighted by Gasteiger charge is -2.61. The molecule has 30 heavy (non-hydrogen) atoms. The lowest BCUT2D eigenvalue weighted by atomic mass is 9.43. The van der Waals surface area contributed by atoms with Crippen LogP contribution in [0, 0.1) is 28.6 Å². The van der Waals surface area contributed by atoms with Crippen LogP contribution in [-0.4, -0.2) is 56.2 Å². The number of ether oxygens (including phenoxy) is 4. The van der Waals surface area contributed by atoms with Gasteiger partial charge in [-0.05, 0) is 37.0 Å². The summed E-state index contributed by atoms with van der Waals surface area (Å²) in [5.74, 6) is -3.23. The van der Waals surface area contributed by atoms with Gasteiger partial charge in [0.2, 0.25) is 0 Å². The largest absolute Gasteiger partial charge is 0.469 e. The second-order valence-corrected chi connectivity index (χ2v) is 9.27. The Bertz CT molecular complexity index is 733. The number of rotatable bonds is 5. The molecule has 0 amide bonds. The zero-order chi connectivity index (χ0) is 22.3. The molecule has 3 fully saturated rings. The Labute approximate surface area is 176 Å². The van der Waals surface area contributed by atoms with Crippen LogP contribution in [0.1, 0.15) is 53.4 Å². The lowest BCUT2D eigenvalue weighted by molar-refractivity contribution is -0.212. The van der Waals surface area contributed by atoms with Gasteiger partial charge in [0.25, 0.3) is 0 Å². The Kier molecular flexibility index (Phi) is 6.28. The van der Waals surface area contributed by atoms with Crippen molar-refractivity contribution in [3.05, 3.63) is 0 Å². The molecule has 8 nitrogen and oxygen atoms in total. The molecule has 0 bridgehead atoms. The molecule has 3 rings (SSSR count). The maximum absolute atomic E-state index is 13.6. The Hall–Kier alpha value is -1.96. The number of hydrogen-bond acceptors (Lipinski definition) is 8. The van der Waals surface area contributed by atoms with Crippen LogP contribution in [0.25, 0.3) is 0 Å². The molecular formula is C22H32O8. The fraction of sp³-hybridized carbons (Fsp3) is 0.818. The van der Waals surface area contributed by atoms with Crippen LogP contribution in [0.3, 0.4) is 0 Å². The zero-order valence-corrected chi connectivity index (χ0v) is 18.4. The predicted molar refractivity (Wildman–Crippen MR) is 104 cm³/mol. The van der Waals surface area contributed by atoms with E-state index in [9.17, 15) is 19.2 Å². The van der Waals surface area contributed by atoms with E-state index in [1.807, 2.05) is 20.8 Å². The van der Waals surface area contributed by atoms with Crippen molar-refractivity contribution in [3.8, 4) is 0 Å². The molecule has 1 heterocycles. The van der Waals surface area contributed by atoms with E-state index in [-0.39, 0.29) is 24.8 Å². The van der Waals surface area contributed by atoms with E-state index in [1.54, 1.807) is 0 Å². The molecule has 0 aromatic rings. The Morgan fingerprint density at radius 1 is 1.20 bits per heavy atom. The number of hydrogen-bond donors (Lipinski definition) is 0. The molecule has 7 atom stereocenters. The van der Waals surface area contributed by atoms with E-state index < -0.39 is 52.7 Å². The number of Topliss-reactive ketones (excluding diaryl/α,β-unsaturated/α-hetero) is 1. The van der Waals surface area contributed by atoms with Crippen molar-refractivity contribution >= 4 is 23.7 Å². The van der Waals surface area contributed by atoms with E-state index in [4.69, 9.17) is 18.9 Å². The summed E-state index contributed by atoms with van der Waals surface area (Å²) in [6.45, 7) is 7.72. The molecule has 168 valence electrons. The molecule has 1 saturated heterocycles. The summed E-state index contributed by atoms with van der Waals surface area (Å²) in [6, 6.07) is 0. The van der Waals surface area contributed by atoms with Crippen LogP contribution < -0.4 is 0 Å². The Morgan fingerprint density at radius 2 is 1.90 bits per heavy atom. The van der Waals surface area contributed by atoms with Crippen LogP contribution >= 0.6 is 0 Å². The van der Waals surface area contributed by atoms with Crippen molar-refractivity contribution < 1.29 is 38.1 Å². The van der Waals surface area contributed by atoms with Crippen molar-refractivity contribution in [2.45, 2.75) is 65.6 Å². The van der Waals surface area contributed by atoms with Crippen molar-refractivity contribution in [2.75, 3.05) is 20.3 Å². The summed E-state index contributed by atoms with van der Waals surface area (Å²) < 4.78 is 21.5. The highest BCUT2D eigenvalue weighted by Crippen LogP contribution is 2.63. The second kappa shape index (κ2) is 8.29. The van der Waals surface area contributed by atoms with Gasteiger partial charge in [-0.15, -0.1) is 0 Å². The molecule has 0 radical (unpaired) electrons. The van der Waals surface area contributed by atoms with Gasteiger partial charge >= 0.3 is 17.9 Å².